The summed E-state index contributed by atoms with van der Waals surface area (Å²) in [6, 6.07) is 24.3. The first-order valence-electron chi connectivity index (χ1n) is 16.5. The number of aliphatic hydroxyl groups is 1. The van der Waals surface area contributed by atoms with E-state index in [9.17, 15) is 14.7 Å². The van der Waals surface area contributed by atoms with Crippen molar-refractivity contribution in [1.29, 1.82) is 0 Å². The monoisotopic (exact) mass is 630 g/mol. The number of aliphatic hydroxyl groups excluding tert-OH is 1. The van der Waals surface area contributed by atoms with Crippen LogP contribution in [0.5, 0.6) is 0 Å². The van der Waals surface area contributed by atoms with Gasteiger partial charge in [0, 0.05) is 51.0 Å². The molecule has 3 N–H and O–H groups in total. The Balaban J connectivity index is 1.22. The fraction of sp³-hybridized carbons (Fsp3) is 0.459. The van der Waals surface area contributed by atoms with Gasteiger partial charge in [0.2, 0.25) is 5.91 Å². The topological polar surface area (TPSA) is 118 Å². The third-order valence-corrected chi connectivity index (χ3v) is 8.71. The van der Waals surface area contributed by atoms with Gasteiger partial charge in [-0.1, -0.05) is 85.6 Å². The molecular formula is C37H46N2O7. The number of nitrogens with zero attached hydrogens (tertiary/aromatic N) is 1. The number of rotatable bonds is 15. The third kappa shape index (κ3) is 9.95. The van der Waals surface area contributed by atoms with E-state index in [4.69, 9.17) is 19.3 Å². The lowest BCUT2D eigenvalue weighted by Crippen LogP contribution is -2.44. The number of hydrogen-bond donors (Lipinski definition) is 3. The average molecular weight is 631 g/mol. The van der Waals surface area contributed by atoms with Crippen LogP contribution in [-0.2, 0) is 37.0 Å². The molecule has 0 bridgehead atoms. The highest BCUT2D eigenvalue weighted by Crippen LogP contribution is 2.39. The highest BCUT2D eigenvalue weighted by atomic mass is 16.7. The molecule has 2 saturated heterocycles. The number of hydrogen-bond acceptors (Lipinski definition) is 7. The van der Waals surface area contributed by atoms with Crippen LogP contribution in [0, 0.1) is 0 Å². The number of benzene rings is 3. The van der Waals surface area contributed by atoms with E-state index in [0.717, 1.165) is 91.9 Å². The van der Waals surface area contributed by atoms with Crippen LogP contribution in [0.3, 0.4) is 0 Å². The van der Waals surface area contributed by atoms with Crippen LogP contribution in [-0.4, -0.2) is 65.9 Å². The molecule has 5 rings (SSSR count). The summed E-state index contributed by atoms with van der Waals surface area (Å²) in [7, 11) is 0. The first kappa shape index (κ1) is 33.8. The molecule has 0 spiro atoms. The second kappa shape index (κ2) is 17.4. The molecule has 0 unspecified atom stereocenters. The maximum absolute atomic E-state index is 12.5. The molecule has 3 aromatic carbocycles. The molecule has 246 valence electrons. The molecule has 3 atom stereocenters. The lowest BCUT2D eigenvalue weighted by molar-refractivity contribution is -0.253. The number of carbonyl (C=O) groups excluding carboxylic acids is 1. The van der Waals surface area contributed by atoms with Crippen molar-refractivity contribution in [3.63, 3.8) is 0 Å². The number of carbonyl (C=O) groups is 2. The smallest absolute Gasteiger partial charge is 0.303 e. The molecule has 3 aromatic rings. The van der Waals surface area contributed by atoms with Crippen molar-refractivity contribution in [3.8, 4) is 11.1 Å². The molecule has 0 saturated carbocycles. The van der Waals surface area contributed by atoms with Crippen LogP contribution in [0.15, 0.2) is 72.8 Å². The second-order valence-corrected chi connectivity index (χ2v) is 12.1. The van der Waals surface area contributed by atoms with Crippen molar-refractivity contribution in [2.24, 2.45) is 0 Å². The quantitative estimate of drug-likeness (QED) is 0.181. The van der Waals surface area contributed by atoms with Gasteiger partial charge in [0.15, 0.2) is 6.29 Å². The maximum atomic E-state index is 12.5. The van der Waals surface area contributed by atoms with E-state index in [1.54, 1.807) is 0 Å². The summed E-state index contributed by atoms with van der Waals surface area (Å²) in [5, 5.41) is 21.3. The van der Waals surface area contributed by atoms with E-state index in [2.05, 4.69) is 40.5 Å². The fourth-order valence-electron chi connectivity index (χ4n) is 6.08. The molecule has 2 heterocycles. The summed E-state index contributed by atoms with van der Waals surface area (Å²) >= 11 is 0. The van der Waals surface area contributed by atoms with Gasteiger partial charge in [-0.15, -0.1) is 0 Å². The molecule has 0 aliphatic carbocycles. The zero-order valence-electron chi connectivity index (χ0n) is 26.4. The third-order valence-electron chi connectivity index (χ3n) is 8.71. The van der Waals surface area contributed by atoms with Crippen molar-refractivity contribution in [2.45, 2.75) is 76.6 Å². The molecule has 0 radical (unpaired) electrons. The second-order valence-electron chi connectivity index (χ2n) is 12.1. The van der Waals surface area contributed by atoms with Crippen molar-refractivity contribution >= 4 is 11.9 Å². The molecule has 2 aliphatic heterocycles. The van der Waals surface area contributed by atoms with Gasteiger partial charge in [-0.05, 0) is 40.7 Å². The minimum absolute atomic E-state index is 0.00201. The number of ether oxygens (including phenoxy) is 3. The summed E-state index contributed by atoms with van der Waals surface area (Å²) in [5.74, 6) is -0.771. The van der Waals surface area contributed by atoms with E-state index in [-0.39, 0.29) is 31.1 Å². The van der Waals surface area contributed by atoms with Crippen LogP contribution < -0.4 is 5.32 Å². The van der Waals surface area contributed by atoms with E-state index < -0.39 is 12.3 Å². The van der Waals surface area contributed by atoms with Gasteiger partial charge < -0.3 is 29.7 Å². The maximum Gasteiger partial charge on any atom is 0.303 e. The summed E-state index contributed by atoms with van der Waals surface area (Å²) in [6.07, 6.45) is 3.78. The van der Waals surface area contributed by atoms with Gasteiger partial charge >= 0.3 is 5.97 Å². The van der Waals surface area contributed by atoms with E-state index in [1.165, 1.54) is 0 Å². The predicted molar refractivity (Wildman–Crippen MR) is 175 cm³/mol. The first-order chi connectivity index (χ1) is 22.5. The highest BCUT2D eigenvalue weighted by molar-refractivity contribution is 5.76. The number of amides is 1. The first-order valence-corrected chi connectivity index (χ1v) is 16.5. The van der Waals surface area contributed by atoms with Gasteiger partial charge in [0.1, 0.15) is 0 Å². The molecule has 9 nitrogen and oxygen atoms in total. The number of nitrogens with one attached hydrogen (secondary N) is 1. The summed E-state index contributed by atoms with van der Waals surface area (Å²) in [4.78, 5) is 25.5. The number of carboxylic acids is 1. The summed E-state index contributed by atoms with van der Waals surface area (Å²) < 4.78 is 18.6. The molecule has 1 amide bonds. The Morgan fingerprint density at radius 1 is 0.826 bits per heavy atom. The number of carboxylic acid groups (broad SMARTS) is 1. The Hall–Kier alpha value is -3.60. The van der Waals surface area contributed by atoms with Gasteiger partial charge in [-0.2, -0.15) is 0 Å². The largest absolute Gasteiger partial charge is 0.481 e. The van der Waals surface area contributed by atoms with Gasteiger partial charge in [-0.25, -0.2) is 0 Å². The van der Waals surface area contributed by atoms with Crippen molar-refractivity contribution in [1.82, 2.24) is 10.2 Å². The number of morpholine rings is 1. The molecule has 0 aromatic heterocycles. The van der Waals surface area contributed by atoms with Gasteiger partial charge in [-0.3, -0.25) is 14.5 Å². The minimum atomic E-state index is -0.773. The minimum Gasteiger partial charge on any atom is -0.481 e. The van der Waals surface area contributed by atoms with Crippen LogP contribution in [0.1, 0.15) is 79.6 Å². The Kier molecular flexibility index (Phi) is 12.7. The molecular weight excluding hydrogens is 584 g/mol. The Labute approximate surface area is 271 Å². The molecule has 9 heteroatoms. The standard InChI is InChI=1S/C37H46N2O7/c40-26-27-11-13-29(14-12-27)34-23-32(25-39-19-21-44-22-20-39)45-37(46-34)30-17-15-28(16-18-30)33-8-6-5-7-31(33)24-38-35(41)9-3-1-2-4-10-36(42)43/h5-8,11-18,32,34,37,40H,1-4,9-10,19-26H2,(H,38,41)(H,42,43)/t32-,34+,37+/m1/s1. The van der Waals surface area contributed by atoms with Crippen LogP contribution in [0.2, 0.25) is 0 Å². The fourth-order valence-corrected chi connectivity index (χ4v) is 6.08. The predicted octanol–water partition coefficient (Wildman–Crippen LogP) is 5.76. The molecule has 2 fully saturated rings. The Bertz CT molecular complexity index is 1390. The van der Waals surface area contributed by atoms with E-state index in [0.29, 0.717) is 19.4 Å². The lowest BCUT2D eigenvalue weighted by Gasteiger charge is -2.39. The molecule has 46 heavy (non-hydrogen) atoms. The summed E-state index contributed by atoms with van der Waals surface area (Å²) in [5.41, 5.74) is 6.03. The number of aliphatic carboxylic acids is 1. The van der Waals surface area contributed by atoms with Gasteiger partial charge in [0.05, 0.1) is 32.0 Å². The zero-order valence-corrected chi connectivity index (χ0v) is 26.4. The van der Waals surface area contributed by atoms with Crippen molar-refractivity contribution in [2.75, 3.05) is 32.8 Å². The van der Waals surface area contributed by atoms with Gasteiger partial charge in [0.25, 0.3) is 0 Å². The molecule has 2 aliphatic rings. The van der Waals surface area contributed by atoms with Crippen molar-refractivity contribution in [3.05, 3.63) is 95.1 Å². The number of unbranched alkanes of at least 4 members (excludes halogenated alkanes) is 3. The van der Waals surface area contributed by atoms with Crippen LogP contribution in [0.4, 0.5) is 0 Å². The van der Waals surface area contributed by atoms with Crippen LogP contribution in [0.25, 0.3) is 11.1 Å². The van der Waals surface area contributed by atoms with E-state index >= 15 is 0 Å². The lowest BCUT2D eigenvalue weighted by atomic mass is 9.97. The van der Waals surface area contributed by atoms with Crippen LogP contribution >= 0.6 is 0 Å². The van der Waals surface area contributed by atoms with E-state index in [1.807, 2.05) is 42.5 Å². The highest BCUT2D eigenvalue weighted by Gasteiger charge is 2.33. The Morgan fingerprint density at radius 3 is 2.24 bits per heavy atom. The van der Waals surface area contributed by atoms with Crippen molar-refractivity contribution < 1.29 is 34.0 Å². The average Bonchev–Trinajstić information content (AvgIpc) is 3.09. The Morgan fingerprint density at radius 2 is 1.52 bits per heavy atom. The zero-order chi connectivity index (χ0) is 32.1. The summed E-state index contributed by atoms with van der Waals surface area (Å²) in [6.45, 7) is 4.52. The normalized spacial score (nSPS) is 20.3. The SMILES string of the molecule is O=C(O)CCCCCCC(=O)NCc1ccccc1-c1ccc([C@H]2O[C@@H](CN3CCOCC3)C[C@@H](c3ccc(CO)cc3)O2)cc1.